The molecule has 1 atom stereocenters. The second kappa shape index (κ2) is 5.72. The Hall–Kier alpha value is -3.09. The molecule has 0 unspecified atom stereocenters. The maximum atomic E-state index is 11.8. The Morgan fingerprint density at radius 3 is 2.68 bits per heavy atom. The molecule has 7 heteroatoms. The molecule has 0 saturated heterocycles. The molecule has 1 aromatic carbocycles. The third-order valence-electron chi connectivity index (χ3n) is 3.21. The van der Waals surface area contributed by atoms with E-state index in [1.165, 1.54) is 12.3 Å². The van der Waals surface area contributed by atoms with Crippen LogP contribution < -0.4 is 10.9 Å². The summed E-state index contributed by atoms with van der Waals surface area (Å²) in [5.74, 6) is -1.41. The first kappa shape index (κ1) is 13.9. The van der Waals surface area contributed by atoms with Gasteiger partial charge in [-0.25, -0.2) is 4.79 Å². The lowest BCUT2D eigenvalue weighted by atomic mass is 10.0. The van der Waals surface area contributed by atoms with E-state index in [2.05, 4.69) is 10.9 Å². The molecule has 0 fully saturated rings. The van der Waals surface area contributed by atoms with Crippen LogP contribution in [0.3, 0.4) is 0 Å². The van der Waals surface area contributed by atoms with Crippen molar-refractivity contribution in [3.63, 3.8) is 0 Å². The Morgan fingerprint density at radius 1 is 1.09 bits per heavy atom. The van der Waals surface area contributed by atoms with E-state index < -0.39 is 23.9 Å². The van der Waals surface area contributed by atoms with E-state index in [1.54, 1.807) is 30.3 Å². The molecule has 2 heterocycles. The van der Waals surface area contributed by atoms with Gasteiger partial charge in [-0.05, 0) is 18.2 Å². The number of rotatable bonds is 3. The molecule has 2 aromatic rings. The average Bonchev–Trinajstić information content (AvgIpc) is 3.15. The summed E-state index contributed by atoms with van der Waals surface area (Å²) < 4.78 is 10.0. The number of esters is 1. The predicted molar refractivity (Wildman–Crippen MR) is 73.5 cm³/mol. The monoisotopic (exact) mass is 300 g/mol. The van der Waals surface area contributed by atoms with Crippen molar-refractivity contribution in [3.8, 4) is 0 Å². The zero-order valence-electron chi connectivity index (χ0n) is 11.4. The lowest BCUT2D eigenvalue weighted by molar-refractivity contribution is -0.123. The lowest BCUT2D eigenvalue weighted by Gasteiger charge is -2.11. The maximum absolute atomic E-state index is 11.8. The van der Waals surface area contributed by atoms with Crippen LogP contribution in [-0.2, 0) is 9.53 Å². The smallest absolute Gasteiger partial charge is 0.339 e. The number of nitrogens with one attached hydrogen (secondary N) is 2. The number of cyclic esters (lactones) is 1. The molecule has 0 radical (unpaired) electrons. The summed E-state index contributed by atoms with van der Waals surface area (Å²) in [6.07, 6.45) is 0.622. The number of carbonyl (C=O) groups excluding carboxylic acids is 3. The zero-order chi connectivity index (χ0) is 15.5. The van der Waals surface area contributed by atoms with E-state index >= 15 is 0 Å². The number of carbonyl (C=O) groups is 3. The number of amides is 2. The van der Waals surface area contributed by atoms with E-state index in [9.17, 15) is 14.4 Å². The van der Waals surface area contributed by atoms with Crippen LogP contribution in [0.15, 0.2) is 47.1 Å². The Balaban J connectivity index is 1.57. The predicted octanol–water partition coefficient (Wildman–Crippen LogP) is 1.34. The van der Waals surface area contributed by atoms with Gasteiger partial charge in [0.1, 0.15) is 6.10 Å². The van der Waals surface area contributed by atoms with Gasteiger partial charge in [0.15, 0.2) is 5.76 Å². The van der Waals surface area contributed by atoms with Gasteiger partial charge in [0.2, 0.25) is 5.91 Å². The topological polar surface area (TPSA) is 97.6 Å². The summed E-state index contributed by atoms with van der Waals surface area (Å²) >= 11 is 0. The molecule has 0 bridgehead atoms. The fourth-order valence-electron chi connectivity index (χ4n) is 2.19. The molecular formula is C15H12N2O5. The van der Waals surface area contributed by atoms with Crippen molar-refractivity contribution in [2.45, 2.75) is 12.5 Å². The van der Waals surface area contributed by atoms with Gasteiger partial charge in [-0.1, -0.05) is 18.2 Å². The Kier molecular flexibility index (Phi) is 3.61. The molecule has 0 spiro atoms. The fraction of sp³-hybridized carbons (Fsp3) is 0.133. The molecular weight excluding hydrogens is 288 g/mol. The SMILES string of the molecule is O=C(C[C@H]1OC(=O)c2ccccc21)NNC(=O)c1ccco1. The third-order valence-corrected chi connectivity index (χ3v) is 3.21. The van der Waals surface area contributed by atoms with Gasteiger partial charge in [0.05, 0.1) is 18.2 Å². The molecule has 2 N–H and O–H groups in total. The quantitative estimate of drug-likeness (QED) is 0.658. The molecule has 0 aliphatic carbocycles. The largest absolute Gasteiger partial charge is 0.459 e. The van der Waals surface area contributed by atoms with E-state index in [-0.39, 0.29) is 12.2 Å². The Morgan fingerprint density at radius 2 is 1.91 bits per heavy atom. The summed E-state index contributed by atoms with van der Waals surface area (Å²) in [5.41, 5.74) is 5.60. The van der Waals surface area contributed by atoms with Crippen LogP contribution in [0.4, 0.5) is 0 Å². The minimum atomic E-state index is -0.649. The maximum Gasteiger partial charge on any atom is 0.339 e. The van der Waals surface area contributed by atoms with Crippen LogP contribution in [0.2, 0.25) is 0 Å². The summed E-state index contributed by atoms with van der Waals surface area (Å²) in [5, 5.41) is 0. The van der Waals surface area contributed by atoms with Crippen molar-refractivity contribution in [2.75, 3.05) is 0 Å². The first-order valence-corrected chi connectivity index (χ1v) is 6.58. The molecule has 0 saturated carbocycles. The average molecular weight is 300 g/mol. The van der Waals surface area contributed by atoms with E-state index in [0.29, 0.717) is 11.1 Å². The van der Waals surface area contributed by atoms with Gasteiger partial charge < -0.3 is 9.15 Å². The number of fused-ring (bicyclic) bond motifs is 1. The van der Waals surface area contributed by atoms with Crippen LogP contribution in [0.5, 0.6) is 0 Å². The van der Waals surface area contributed by atoms with Gasteiger partial charge in [0, 0.05) is 5.56 Å². The number of ether oxygens (including phenoxy) is 1. The van der Waals surface area contributed by atoms with Gasteiger partial charge in [-0.2, -0.15) is 0 Å². The van der Waals surface area contributed by atoms with E-state index in [1.807, 2.05) is 0 Å². The van der Waals surface area contributed by atoms with Gasteiger partial charge in [-0.15, -0.1) is 0 Å². The van der Waals surface area contributed by atoms with E-state index in [4.69, 9.17) is 9.15 Å². The second-order valence-electron chi connectivity index (χ2n) is 4.66. The zero-order valence-corrected chi connectivity index (χ0v) is 11.4. The number of hydrazine groups is 1. The molecule has 3 rings (SSSR count). The molecule has 2 amide bonds. The van der Waals surface area contributed by atoms with Crippen molar-refractivity contribution in [2.24, 2.45) is 0 Å². The van der Waals surface area contributed by atoms with Crippen molar-refractivity contribution < 1.29 is 23.5 Å². The van der Waals surface area contributed by atoms with Crippen LogP contribution in [-0.4, -0.2) is 17.8 Å². The molecule has 1 aromatic heterocycles. The first-order chi connectivity index (χ1) is 10.6. The second-order valence-corrected chi connectivity index (χ2v) is 4.66. The number of hydrogen-bond donors (Lipinski definition) is 2. The molecule has 22 heavy (non-hydrogen) atoms. The highest BCUT2D eigenvalue weighted by atomic mass is 16.5. The van der Waals surface area contributed by atoms with Crippen molar-refractivity contribution >= 4 is 17.8 Å². The lowest BCUT2D eigenvalue weighted by Crippen LogP contribution is -2.42. The standard InChI is InChI=1S/C15H12N2O5/c18-13(16-17-14(19)11-6-3-7-21-11)8-12-9-4-1-2-5-10(9)15(20)22-12/h1-7,12H,8H2,(H,16,18)(H,17,19)/t12-/m1/s1. The number of hydrogen-bond acceptors (Lipinski definition) is 5. The minimum absolute atomic E-state index is 0.0814. The third kappa shape index (κ3) is 2.69. The highest BCUT2D eigenvalue weighted by Gasteiger charge is 2.32. The summed E-state index contributed by atoms with van der Waals surface area (Å²) in [4.78, 5) is 35.1. The molecule has 1 aliphatic rings. The fourth-order valence-corrected chi connectivity index (χ4v) is 2.19. The highest BCUT2D eigenvalue weighted by molar-refractivity contribution is 5.95. The van der Waals surface area contributed by atoms with Crippen molar-refractivity contribution in [1.29, 1.82) is 0 Å². The van der Waals surface area contributed by atoms with Gasteiger partial charge in [0.25, 0.3) is 0 Å². The van der Waals surface area contributed by atoms with Gasteiger partial charge in [-0.3, -0.25) is 20.4 Å². The minimum Gasteiger partial charge on any atom is -0.459 e. The number of benzene rings is 1. The molecule has 1 aliphatic heterocycles. The molecule has 112 valence electrons. The van der Waals surface area contributed by atoms with Crippen LogP contribution in [0.25, 0.3) is 0 Å². The van der Waals surface area contributed by atoms with Crippen molar-refractivity contribution in [1.82, 2.24) is 10.9 Å². The van der Waals surface area contributed by atoms with Gasteiger partial charge >= 0.3 is 11.9 Å². The van der Waals surface area contributed by atoms with Crippen LogP contribution >= 0.6 is 0 Å². The summed E-state index contributed by atoms with van der Waals surface area (Å²) in [7, 11) is 0. The Bertz CT molecular complexity index is 723. The first-order valence-electron chi connectivity index (χ1n) is 6.58. The number of furan rings is 1. The van der Waals surface area contributed by atoms with E-state index in [0.717, 1.165) is 0 Å². The van der Waals surface area contributed by atoms with Crippen molar-refractivity contribution in [3.05, 3.63) is 59.5 Å². The normalized spacial score (nSPS) is 15.8. The van der Waals surface area contributed by atoms with Crippen LogP contribution in [0.1, 0.15) is 39.0 Å². The van der Waals surface area contributed by atoms with Crippen LogP contribution in [0, 0.1) is 0 Å². The summed E-state index contributed by atoms with van der Waals surface area (Å²) in [6, 6.07) is 9.91. The highest BCUT2D eigenvalue weighted by Crippen LogP contribution is 2.32. The Labute approximate surface area is 125 Å². The molecule has 7 nitrogen and oxygen atoms in total. The summed E-state index contributed by atoms with van der Waals surface area (Å²) in [6.45, 7) is 0.